The molecule has 0 fully saturated rings. The molecule has 0 bridgehead atoms. The number of benzene rings is 2. The molecule has 106 valence electrons. The zero-order valence-corrected chi connectivity index (χ0v) is 13.3. The van der Waals surface area contributed by atoms with Crippen LogP contribution in [-0.4, -0.2) is 20.2 Å². The van der Waals surface area contributed by atoms with Gasteiger partial charge in [-0.3, -0.25) is 0 Å². The Kier molecular flexibility index (Phi) is 3.47. The first-order chi connectivity index (χ1) is 10.1. The number of nitrogen functional groups attached to an aromatic ring is 1. The van der Waals surface area contributed by atoms with E-state index in [9.17, 15) is 0 Å². The maximum Gasteiger partial charge on any atom is 0.187 e. The highest BCUT2D eigenvalue weighted by Gasteiger charge is 2.15. The number of aromatic nitrogens is 4. The molecule has 3 rings (SSSR count). The molecule has 0 saturated heterocycles. The van der Waals surface area contributed by atoms with Crippen LogP contribution >= 0.6 is 15.9 Å². The van der Waals surface area contributed by atoms with Gasteiger partial charge in [0.05, 0.1) is 5.69 Å². The molecule has 0 aliphatic heterocycles. The number of halogens is 1. The second-order valence-corrected chi connectivity index (χ2v) is 5.83. The van der Waals surface area contributed by atoms with E-state index in [1.807, 2.05) is 50.2 Å². The predicted octanol–water partition coefficient (Wildman–Crippen LogP) is 3.29. The SMILES string of the molecule is Cc1ccc(-n2nnnc2-c2cc(Br)cc(N)c2C)cc1. The quantitative estimate of drug-likeness (QED) is 0.725. The van der Waals surface area contributed by atoms with Gasteiger partial charge >= 0.3 is 0 Å². The minimum Gasteiger partial charge on any atom is -0.398 e. The number of nitrogens with two attached hydrogens (primary N) is 1. The fraction of sp³-hybridized carbons (Fsp3) is 0.133. The molecule has 2 N–H and O–H groups in total. The highest BCUT2D eigenvalue weighted by Crippen LogP contribution is 2.30. The molecular weight excluding hydrogens is 330 g/mol. The Balaban J connectivity index is 2.18. The fourth-order valence-electron chi connectivity index (χ4n) is 2.15. The summed E-state index contributed by atoms with van der Waals surface area (Å²) in [5, 5.41) is 12.1. The predicted molar refractivity (Wildman–Crippen MR) is 86.2 cm³/mol. The molecule has 0 aliphatic carbocycles. The van der Waals surface area contributed by atoms with E-state index >= 15 is 0 Å². The molecule has 2 aromatic carbocycles. The number of anilines is 1. The third-order valence-electron chi connectivity index (χ3n) is 3.40. The Morgan fingerprint density at radius 1 is 1.10 bits per heavy atom. The van der Waals surface area contributed by atoms with Crippen LogP contribution in [0.3, 0.4) is 0 Å². The molecule has 1 heterocycles. The summed E-state index contributed by atoms with van der Waals surface area (Å²) in [5.41, 5.74) is 10.7. The van der Waals surface area contributed by atoms with Gasteiger partial charge in [-0.25, -0.2) is 0 Å². The molecule has 21 heavy (non-hydrogen) atoms. The first kappa shape index (κ1) is 13.8. The zero-order chi connectivity index (χ0) is 15.0. The number of rotatable bonds is 2. The molecule has 0 radical (unpaired) electrons. The lowest BCUT2D eigenvalue weighted by Crippen LogP contribution is -2.02. The van der Waals surface area contributed by atoms with E-state index in [1.54, 1.807) is 4.68 Å². The molecule has 3 aromatic rings. The maximum atomic E-state index is 6.03. The van der Waals surface area contributed by atoms with Crippen LogP contribution in [0.15, 0.2) is 40.9 Å². The summed E-state index contributed by atoms with van der Waals surface area (Å²) in [6, 6.07) is 11.9. The first-order valence-electron chi connectivity index (χ1n) is 6.47. The number of nitrogens with zero attached hydrogens (tertiary/aromatic N) is 4. The Morgan fingerprint density at radius 3 is 2.52 bits per heavy atom. The lowest BCUT2D eigenvalue weighted by Gasteiger charge is -2.10. The molecule has 0 atom stereocenters. The second-order valence-electron chi connectivity index (χ2n) is 4.92. The van der Waals surface area contributed by atoms with Gasteiger partial charge in [-0.2, -0.15) is 4.68 Å². The van der Waals surface area contributed by atoms with Gasteiger partial charge in [-0.15, -0.1) is 5.10 Å². The first-order valence-corrected chi connectivity index (χ1v) is 7.27. The van der Waals surface area contributed by atoms with Crippen molar-refractivity contribution in [3.05, 3.63) is 52.0 Å². The Morgan fingerprint density at radius 2 is 1.81 bits per heavy atom. The zero-order valence-electron chi connectivity index (χ0n) is 11.7. The van der Waals surface area contributed by atoms with Crippen LogP contribution in [0.2, 0.25) is 0 Å². The van der Waals surface area contributed by atoms with Gasteiger partial charge in [0, 0.05) is 15.7 Å². The average molecular weight is 344 g/mol. The Labute approximate surface area is 130 Å². The van der Waals surface area contributed by atoms with Gasteiger partial charge in [0.2, 0.25) is 0 Å². The van der Waals surface area contributed by atoms with Crippen molar-refractivity contribution in [1.82, 2.24) is 20.2 Å². The highest BCUT2D eigenvalue weighted by molar-refractivity contribution is 9.10. The summed E-state index contributed by atoms with van der Waals surface area (Å²) in [7, 11) is 0. The highest BCUT2D eigenvalue weighted by atomic mass is 79.9. The summed E-state index contributed by atoms with van der Waals surface area (Å²) >= 11 is 3.47. The van der Waals surface area contributed by atoms with Crippen molar-refractivity contribution in [3.63, 3.8) is 0 Å². The van der Waals surface area contributed by atoms with Gasteiger partial charge < -0.3 is 5.73 Å². The van der Waals surface area contributed by atoms with E-state index < -0.39 is 0 Å². The van der Waals surface area contributed by atoms with Crippen LogP contribution in [0, 0.1) is 13.8 Å². The average Bonchev–Trinajstić information content (AvgIpc) is 2.93. The molecule has 0 amide bonds. The molecule has 0 unspecified atom stereocenters. The third-order valence-corrected chi connectivity index (χ3v) is 3.86. The summed E-state index contributed by atoms with van der Waals surface area (Å²) in [5.74, 6) is 0.671. The summed E-state index contributed by atoms with van der Waals surface area (Å²) in [6.45, 7) is 4.01. The molecule has 0 spiro atoms. The van der Waals surface area contributed by atoms with Crippen molar-refractivity contribution in [1.29, 1.82) is 0 Å². The van der Waals surface area contributed by atoms with E-state index in [0.717, 1.165) is 21.3 Å². The van der Waals surface area contributed by atoms with Crippen molar-refractivity contribution in [2.75, 3.05) is 5.73 Å². The van der Waals surface area contributed by atoms with Gasteiger partial charge in [-0.05, 0) is 54.1 Å². The molecule has 6 heteroatoms. The van der Waals surface area contributed by atoms with Crippen molar-refractivity contribution in [3.8, 4) is 17.1 Å². The fourth-order valence-corrected chi connectivity index (χ4v) is 2.62. The molecule has 5 nitrogen and oxygen atoms in total. The van der Waals surface area contributed by atoms with E-state index in [-0.39, 0.29) is 0 Å². The number of aryl methyl sites for hydroxylation is 1. The number of hydrogen-bond acceptors (Lipinski definition) is 4. The van der Waals surface area contributed by atoms with Gasteiger partial charge in [0.25, 0.3) is 0 Å². The molecule has 0 saturated carbocycles. The topological polar surface area (TPSA) is 69.6 Å². The summed E-state index contributed by atoms with van der Waals surface area (Å²) < 4.78 is 2.62. The van der Waals surface area contributed by atoms with Crippen molar-refractivity contribution < 1.29 is 0 Å². The van der Waals surface area contributed by atoms with Gasteiger partial charge in [-0.1, -0.05) is 33.6 Å². The lowest BCUT2D eigenvalue weighted by atomic mass is 10.1. The lowest BCUT2D eigenvalue weighted by molar-refractivity contribution is 0.791. The van der Waals surface area contributed by atoms with E-state index in [4.69, 9.17) is 5.73 Å². The van der Waals surface area contributed by atoms with E-state index in [1.165, 1.54) is 5.56 Å². The number of hydrogen-bond donors (Lipinski definition) is 1. The number of tetrazole rings is 1. The van der Waals surface area contributed by atoms with Crippen LogP contribution in [0.1, 0.15) is 11.1 Å². The second kappa shape index (κ2) is 5.29. The minimum atomic E-state index is 0.671. The van der Waals surface area contributed by atoms with E-state index in [2.05, 4.69) is 31.5 Å². The smallest absolute Gasteiger partial charge is 0.187 e. The van der Waals surface area contributed by atoms with Crippen molar-refractivity contribution >= 4 is 21.6 Å². The van der Waals surface area contributed by atoms with Crippen molar-refractivity contribution in [2.24, 2.45) is 0 Å². The standard InChI is InChI=1S/C15H14BrN5/c1-9-3-5-12(6-4-9)21-15(18-19-20-21)13-7-11(16)8-14(17)10(13)2/h3-8H,17H2,1-2H3. The minimum absolute atomic E-state index is 0.671. The summed E-state index contributed by atoms with van der Waals surface area (Å²) in [6.07, 6.45) is 0. The largest absolute Gasteiger partial charge is 0.398 e. The molecule has 0 aliphatic rings. The van der Waals surface area contributed by atoms with Crippen molar-refractivity contribution in [2.45, 2.75) is 13.8 Å². The van der Waals surface area contributed by atoms with Gasteiger partial charge in [0.15, 0.2) is 5.82 Å². The molecular formula is C15H14BrN5. The van der Waals surface area contributed by atoms with Crippen LogP contribution in [0.5, 0.6) is 0 Å². The third kappa shape index (κ3) is 2.54. The van der Waals surface area contributed by atoms with E-state index in [0.29, 0.717) is 11.5 Å². The van der Waals surface area contributed by atoms with Crippen LogP contribution < -0.4 is 5.73 Å². The summed E-state index contributed by atoms with van der Waals surface area (Å²) in [4.78, 5) is 0. The Hall–Kier alpha value is -2.21. The normalized spacial score (nSPS) is 10.8. The van der Waals surface area contributed by atoms with Crippen LogP contribution in [0.4, 0.5) is 5.69 Å². The van der Waals surface area contributed by atoms with Gasteiger partial charge in [0.1, 0.15) is 0 Å². The van der Waals surface area contributed by atoms with Crippen LogP contribution in [-0.2, 0) is 0 Å². The maximum absolute atomic E-state index is 6.03. The molecule has 1 aromatic heterocycles. The van der Waals surface area contributed by atoms with Crippen LogP contribution in [0.25, 0.3) is 17.1 Å². The monoisotopic (exact) mass is 343 g/mol. The Bertz CT molecular complexity index is 792.